The first-order valence-corrected chi connectivity index (χ1v) is 6.53. The van der Waals surface area contributed by atoms with Gasteiger partial charge in [-0.3, -0.25) is 24.7 Å². The van der Waals surface area contributed by atoms with E-state index in [0.29, 0.717) is 6.42 Å². The Morgan fingerprint density at radius 3 is 2.50 bits per heavy atom. The Morgan fingerprint density at radius 2 is 1.95 bits per heavy atom. The van der Waals surface area contributed by atoms with Crippen LogP contribution in [0.3, 0.4) is 0 Å². The number of H-pyrrole nitrogens is 1. The highest BCUT2D eigenvalue weighted by molar-refractivity contribution is 5.35. The number of aromatic nitrogens is 2. The quantitative estimate of drug-likeness (QED) is 0.670. The number of nitrogens with one attached hydrogen (secondary N) is 1. The van der Waals surface area contributed by atoms with Crippen LogP contribution in [0.2, 0.25) is 0 Å². The number of nitro groups is 1. The lowest BCUT2D eigenvalue weighted by Crippen LogP contribution is -2.15. The molecule has 2 rings (SSSR count). The van der Waals surface area contributed by atoms with Gasteiger partial charge in [-0.25, -0.2) is 0 Å². The maximum atomic E-state index is 12.1. The number of nitro benzene ring substituents is 1. The molecule has 0 fully saturated rings. The van der Waals surface area contributed by atoms with Gasteiger partial charge in [-0.05, 0) is 12.0 Å². The third kappa shape index (κ3) is 2.79. The molecule has 20 heavy (non-hydrogen) atoms. The maximum absolute atomic E-state index is 12.1. The molecule has 1 aromatic carbocycles. The average Bonchev–Trinajstić information content (AvgIpc) is 2.68. The average molecular weight is 275 g/mol. The van der Waals surface area contributed by atoms with Crippen molar-refractivity contribution in [2.24, 2.45) is 7.05 Å². The molecule has 0 unspecified atom stereocenters. The topological polar surface area (TPSA) is 80.9 Å². The van der Waals surface area contributed by atoms with Gasteiger partial charge in [0.25, 0.3) is 11.2 Å². The Hall–Kier alpha value is -2.37. The molecule has 0 bridgehead atoms. The van der Waals surface area contributed by atoms with Crippen molar-refractivity contribution in [3.8, 4) is 0 Å². The van der Waals surface area contributed by atoms with Gasteiger partial charge < -0.3 is 0 Å². The fraction of sp³-hybridized carbons (Fsp3) is 0.357. The van der Waals surface area contributed by atoms with Gasteiger partial charge in [0.1, 0.15) is 0 Å². The summed E-state index contributed by atoms with van der Waals surface area (Å²) in [5, 5.41) is 13.7. The molecule has 1 aromatic heterocycles. The van der Waals surface area contributed by atoms with E-state index in [9.17, 15) is 14.9 Å². The van der Waals surface area contributed by atoms with Crippen molar-refractivity contribution in [1.29, 1.82) is 0 Å². The van der Waals surface area contributed by atoms with Gasteiger partial charge in [0.2, 0.25) is 0 Å². The summed E-state index contributed by atoms with van der Waals surface area (Å²) in [6.45, 7) is 2.06. The van der Waals surface area contributed by atoms with E-state index in [2.05, 4.69) is 12.0 Å². The Bertz CT molecular complexity index is 668. The van der Waals surface area contributed by atoms with E-state index in [1.807, 2.05) is 0 Å². The summed E-state index contributed by atoms with van der Waals surface area (Å²) in [7, 11) is 1.70. The molecule has 0 aliphatic carbocycles. The van der Waals surface area contributed by atoms with Crippen molar-refractivity contribution in [3.05, 3.63) is 61.6 Å². The van der Waals surface area contributed by atoms with Crippen LogP contribution in [-0.2, 0) is 19.9 Å². The highest BCUT2D eigenvalue weighted by atomic mass is 16.6. The second-order valence-electron chi connectivity index (χ2n) is 4.78. The SMILES string of the molecule is CCCc1[nH]n(C)c(=O)c1Cc1ccc([N+](=O)[O-])cc1. The van der Waals surface area contributed by atoms with E-state index in [-0.39, 0.29) is 11.2 Å². The lowest BCUT2D eigenvalue weighted by atomic mass is 10.0. The van der Waals surface area contributed by atoms with Gasteiger partial charge in [0, 0.05) is 36.9 Å². The van der Waals surface area contributed by atoms with Crippen LogP contribution in [-0.4, -0.2) is 14.7 Å². The standard InChI is InChI=1S/C14H17N3O3/c1-3-4-13-12(14(18)16(2)15-13)9-10-5-7-11(8-6-10)17(19)20/h5-8,15H,3-4,9H2,1-2H3. The Balaban J connectivity index is 2.29. The molecule has 0 aliphatic rings. The number of hydrogen-bond acceptors (Lipinski definition) is 3. The number of hydrogen-bond donors (Lipinski definition) is 1. The molecule has 0 aliphatic heterocycles. The maximum Gasteiger partial charge on any atom is 0.270 e. The zero-order valence-electron chi connectivity index (χ0n) is 11.5. The molecule has 0 atom stereocenters. The van der Waals surface area contributed by atoms with Crippen molar-refractivity contribution in [1.82, 2.24) is 9.78 Å². The second kappa shape index (κ2) is 5.73. The van der Waals surface area contributed by atoms with Crippen LogP contribution in [0.4, 0.5) is 5.69 Å². The number of rotatable bonds is 5. The Labute approximate surface area is 116 Å². The highest BCUT2D eigenvalue weighted by Crippen LogP contribution is 2.15. The first kappa shape index (κ1) is 14.0. The van der Waals surface area contributed by atoms with E-state index in [1.54, 1.807) is 19.2 Å². The van der Waals surface area contributed by atoms with Crippen molar-refractivity contribution in [2.75, 3.05) is 0 Å². The predicted molar refractivity (Wildman–Crippen MR) is 75.9 cm³/mol. The molecule has 0 saturated heterocycles. The zero-order chi connectivity index (χ0) is 14.7. The first-order chi connectivity index (χ1) is 9.52. The smallest absolute Gasteiger partial charge is 0.270 e. The molecular formula is C14H17N3O3. The van der Waals surface area contributed by atoms with Crippen LogP contribution in [0.1, 0.15) is 30.2 Å². The summed E-state index contributed by atoms with van der Waals surface area (Å²) in [5.74, 6) is 0. The fourth-order valence-electron chi connectivity index (χ4n) is 2.23. The van der Waals surface area contributed by atoms with E-state index in [0.717, 1.165) is 29.7 Å². The van der Waals surface area contributed by atoms with Gasteiger partial charge in [-0.2, -0.15) is 0 Å². The minimum Gasteiger partial charge on any atom is -0.300 e. The molecule has 1 heterocycles. The predicted octanol–water partition coefficient (Wildman–Crippen LogP) is 2.16. The normalized spacial score (nSPS) is 10.7. The van der Waals surface area contributed by atoms with E-state index >= 15 is 0 Å². The monoisotopic (exact) mass is 275 g/mol. The van der Waals surface area contributed by atoms with Crippen molar-refractivity contribution < 1.29 is 4.92 Å². The lowest BCUT2D eigenvalue weighted by molar-refractivity contribution is -0.384. The van der Waals surface area contributed by atoms with Crippen LogP contribution in [0, 0.1) is 10.1 Å². The van der Waals surface area contributed by atoms with E-state index < -0.39 is 4.92 Å². The van der Waals surface area contributed by atoms with Crippen molar-refractivity contribution in [3.63, 3.8) is 0 Å². The number of aryl methyl sites for hydroxylation is 2. The summed E-state index contributed by atoms with van der Waals surface area (Å²) in [6, 6.07) is 6.32. The molecular weight excluding hydrogens is 258 g/mol. The van der Waals surface area contributed by atoms with Crippen LogP contribution in [0.25, 0.3) is 0 Å². The van der Waals surface area contributed by atoms with Gasteiger partial charge in [0.15, 0.2) is 0 Å². The van der Waals surface area contributed by atoms with E-state index in [1.165, 1.54) is 16.8 Å². The van der Waals surface area contributed by atoms with Gasteiger partial charge in [-0.15, -0.1) is 0 Å². The van der Waals surface area contributed by atoms with Crippen molar-refractivity contribution >= 4 is 5.69 Å². The lowest BCUT2D eigenvalue weighted by Gasteiger charge is -2.01. The van der Waals surface area contributed by atoms with Gasteiger partial charge in [-0.1, -0.05) is 25.5 Å². The fourth-order valence-corrected chi connectivity index (χ4v) is 2.23. The summed E-state index contributed by atoms with van der Waals surface area (Å²) >= 11 is 0. The molecule has 0 spiro atoms. The highest BCUT2D eigenvalue weighted by Gasteiger charge is 2.13. The number of non-ortho nitro benzene ring substituents is 1. The summed E-state index contributed by atoms with van der Waals surface area (Å²) in [4.78, 5) is 22.3. The minimum atomic E-state index is -0.429. The van der Waals surface area contributed by atoms with Crippen molar-refractivity contribution in [2.45, 2.75) is 26.2 Å². The summed E-state index contributed by atoms with van der Waals surface area (Å²) < 4.78 is 1.48. The molecule has 0 amide bonds. The van der Waals surface area contributed by atoms with Crippen LogP contribution in [0.5, 0.6) is 0 Å². The second-order valence-corrected chi connectivity index (χ2v) is 4.78. The molecule has 6 nitrogen and oxygen atoms in total. The van der Waals surface area contributed by atoms with Crippen LogP contribution < -0.4 is 5.56 Å². The van der Waals surface area contributed by atoms with E-state index in [4.69, 9.17) is 0 Å². The third-order valence-corrected chi connectivity index (χ3v) is 3.26. The first-order valence-electron chi connectivity index (χ1n) is 6.53. The number of benzene rings is 1. The van der Waals surface area contributed by atoms with Crippen LogP contribution in [0.15, 0.2) is 29.1 Å². The number of nitrogens with zero attached hydrogens (tertiary/aromatic N) is 2. The summed E-state index contributed by atoms with van der Waals surface area (Å²) in [5.41, 5.74) is 2.60. The minimum absolute atomic E-state index is 0.0354. The molecule has 6 heteroatoms. The van der Waals surface area contributed by atoms with Crippen LogP contribution >= 0.6 is 0 Å². The summed E-state index contributed by atoms with van der Waals surface area (Å²) in [6.07, 6.45) is 2.26. The van der Waals surface area contributed by atoms with Gasteiger partial charge in [0.05, 0.1) is 4.92 Å². The third-order valence-electron chi connectivity index (χ3n) is 3.26. The molecule has 106 valence electrons. The Morgan fingerprint density at radius 1 is 1.30 bits per heavy atom. The zero-order valence-corrected chi connectivity index (χ0v) is 11.5. The molecule has 0 radical (unpaired) electrons. The molecule has 2 aromatic rings. The molecule has 0 saturated carbocycles. The number of aromatic amines is 1. The molecule has 1 N–H and O–H groups in total. The Kier molecular flexibility index (Phi) is 4.02. The van der Waals surface area contributed by atoms with Gasteiger partial charge >= 0.3 is 0 Å². The largest absolute Gasteiger partial charge is 0.300 e.